The van der Waals surface area contributed by atoms with Gasteiger partial charge in [-0.15, -0.1) is 0 Å². The third-order valence-corrected chi connectivity index (χ3v) is 2.77. The van der Waals surface area contributed by atoms with Crippen LogP contribution in [-0.4, -0.2) is 9.97 Å². The van der Waals surface area contributed by atoms with Crippen LogP contribution in [0.3, 0.4) is 0 Å². The number of fused-ring (bicyclic) bond motifs is 2. The van der Waals surface area contributed by atoms with Crippen LogP contribution < -0.4 is 0 Å². The van der Waals surface area contributed by atoms with E-state index in [1.807, 2.05) is 48.5 Å². The molecular weight excluding hydrogens is 228 g/mol. The highest BCUT2D eigenvalue weighted by Crippen LogP contribution is 2.26. The van der Waals surface area contributed by atoms with Crippen LogP contribution in [0.1, 0.15) is 0 Å². The molecule has 0 radical (unpaired) electrons. The van der Waals surface area contributed by atoms with Crippen molar-refractivity contribution in [2.24, 2.45) is 0 Å². The number of oxazole rings is 2. The summed E-state index contributed by atoms with van der Waals surface area (Å²) < 4.78 is 11.2. The predicted octanol–water partition coefficient (Wildman–Crippen LogP) is 3.64. The van der Waals surface area contributed by atoms with Crippen molar-refractivity contribution < 1.29 is 8.83 Å². The van der Waals surface area contributed by atoms with Gasteiger partial charge in [0.15, 0.2) is 11.2 Å². The number of rotatable bonds is 1. The fraction of sp³-hybridized carbons (Fsp3) is 0. The molecule has 2 aromatic carbocycles. The minimum Gasteiger partial charge on any atom is -0.432 e. The molecule has 0 amide bonds. The highest BCUT2D eigenvalue weighted by atomic mass is 16.4. The first-order chi connectivity index (χ1) is 8.90. The molecular formula is C14H8N2O2. The summed E-state index contributed by atoms with van der Waals surface area (Å²) in [6.07, 6.45) is 0. The largest absolute Gasteiger partial charge is 0.432 e. The molecule has 2 aromatic heterocycles. The standard InChI is InChI=1S/C14H8N2O2/c1-3-7-11-9(5-1)15-13(17-11)14-16-10-6-2-4-8-12(10)18-14/h1-8H. The van der Waals surface area contributed by atoms with Crippen molar-refractivity contribution in [1.82, 2.24) is 9.97 Å². The van der Waals surface area contributed by atoms with Crippen molar-refractivity contribution in [2.45, 2.75) is 0 Å². The Bertz CT molecular complexity index is 707. The van der Waals surface area contributed by atoms with Gasteiger partial charge >= 0.3 is 0 Å². The number of para-hydroxylation sites is 4. The van der Waals surface area contributed by atoms with Gasteiger partial charge < -0.3 is 8.83 Å². The SMILES string of the molecule is c1ccc2oc(-c3nc4ccccc4o3)nc2c1. The van der Waals surface area contributed by atoms with Gasteiger partial charge in [0.25, 0.3) is 11.8 Å². The summed E-state index contributed by atoms with van der Waals surface area (Å²) in [5.74, 6) is 0.819. The van der Waals surface area contributed by atoms with E-state index >= 15 is 0 Å². The molecule has 0 aliphatic heterocycles. The normalized spacial score (nSPS) is 11.3. The summed E-state index contributed by atoms with van der Waals surface area (Å²) in [6, 6.07) is 15.2. The molecule has 0 fully saturated rings. The van der Waals surface area contributed by atoms with Gasteiger partial charge in [-0.1, -0.05) is 24.3 Å². The second kappa shape index (κ2) is 3.43. The second-order valence-corrected chi connectivity index (χ2v) is 3.97. The minimum atomic E-state index is 0.410. The second-order valence-electron chi connectivity index (χ2n) is 3.97. The summed E-state index contributed by atoms with van der Waals surface area (Å²) in [7, 11) is 0. The zero-order chi connectivity index (χ0) is 11.9. The van der Waals surface area contributed by atoms with Crippen LogP contribution in [0, 0.1) is 0 Å². The molecule has 4 rings (SSSR count). The summed E-state index contributed by atoms with van der Waals surface area (Å²) in [5, 5.41) is 0. The molecule has 0 unspecified atom stereocenters. The first-order valence-corrected chi connectivity index (χ1v) is 5.62. The van der Waals surface area contributed by atoms with E-state index in [1.54, 1.807) is 0 Å². The van der Waals surface area contributed by atoms with Crippen molar-refractivity contribution in [3.8, 4) is 11.8 Å². The maximum atomic E-state index is 5.62. The smallest absolute Gasteiger partial charge is 0.284 e. The summed E-state index contributed by atoms with van der Waals surface area (Å²) in [4.78, 5) is 8.71. The number of aromatic nitrogens is 2. The molecule has 18 heavy (non-hydrogen) atoms. The van der Waals surface area contributed by atoms with Crippen molar-refractivity contribution in [3.63, 3.8) is 0 Å². The van der Waals surface area contributed by atoms with Crippen LogP contribution in [0.25, 0.3) is 34.0 Å². The van der Waals surface area contributed by atoms with E-state index in [0.717, 1.165) is 22.2 Å². The molecule has 0 atom stereocenters. The molecule has 2 heterocycles. The van der Waals surface area contributed by atoms with Crippen LogP contribution in [-0.2, 0) is 0 Å². The maximum Gasteiger partial charge on any atom is 0.284 e. The van der Waals surface area contributed by atoms with E-state index in [-0.39, 0.29) is 0 Å². The molecule has 4 aromatic rings. The van der Waals surface area contributed by atoms with Gasteiger partial charge in [0.2, 0.25) is 0 Å². The lowest BCUT2D eigenvalue weighted by Crippen LogP contribution is -1.74. The zero-order valence-corrected chi connectivity index (χ0v) is 9.33. The monoisotopic (exact) mass is 236 g/mol. The highest BCUT2D eigenvalue weighted by molar-refractivity contribution is 5.77. The maximum absolute atomic E-state index is 5.62. The quantitative estimate of drug-likeness (QED) is 0.506. The molecule has 0 aliphatic rings. The number of hydrogen-bond acceptors (Lipinski definition) is 4. The molecule has 86 valence electrons. The van der Waals surface area contributed by atoms with E-state index in [4.69, 9.17) is 8.83 Å². The summed E-state index contributed by atoms with van der Waals surface area (Å²) in [5.41, 5.74) is 3.06. The van der Waals surface area contributed by atoms with Crippen molar-refractivity contribution in [2.75, 3.05) is 0 Å². The Kier molecular flexibility index (Phi) is 1.80. The lowest BCUT2D eigenvalue weighted by Gasteiger charge is -1.83. The van der Waals surface area contributed by atoms with Gasteiger partial charge in [-0.05, 0) is 24.3 Å². The predicted molar refractivity (Wildman–Crippen MR) is 67.0 cm³/mol. The number of benzene rings is 2. The first-order valence-electron chi connectivity index (χ1n) is 5.62. The minimum absolute atomic E-state index is 0.410. The van der Waals surface area contributed by atoms with Gasteiger partial charge in [-0.25, -0.2) is 9.97 Å². The van der Waals surface area contributed by atoms with Crippen molar-refractivity contribution in [1.29, 1.82) is 0 Å². The average Bonchev–Trinajstić information content (AvgIpc) is 3.02. The molecule has 0 aliphatic carbocycles. The zero-order valence-electron chi connectivity index (χ0n) is 9.33. The molecule has 0 saturated carbocycles. The third kappa shape index (κ3) is 1.32. The Hall–Kier alpha value is -2.62. The lowest BCUT2D eigenvalue weighted by atomic mass is 10.3. The van der Waals surface area contributed by atoms with Crippen LogP contribution in [0.15, 0.2) is 57.4 Å². The van der Waals surface area contributed by atoms with Gasteiger partial charge in [-0.3, -0.25) is 0 Å². The van der Waals surface area contributed by atoms with Crippen LogP contribution in [0.2, 0.25) is 0 Å². The van der Waals surface area contributed by atoms with E-state index in [0.29, 0.717) is 11.8 Å². The summed E-state index contributed by atoms with van der Waals surface area (Å²) >= 11 is 0. The van der Waals surface area contributed by atoms with E-state index in [9.17, 15) is 0 Å². The van der Waals surface area contributed by atoms with Gasteiger partial charge in [-0.2, -0.15) is 0 Å². The molecule has 4 heteroatoms. The van der Waals surface area contributed by atoms with Gasteiger partial charge in [0, 0.05) is 0 Å². The van der Waals surface area contributed by atoms with Gasteiger partial charge in [0.1, 0.15) is 11.0 Å². The van der Waals surface area contributed by atoms with E-state index in [1.165, 1.54) is 0 Å². The number of hydrogen-bond donors (Lipinski definition) is 0. The molecule has 4 nitrogen and oxygen atoms in total. The Balaban J connectivity index is 1.95. The summed E-state index contributed by atoms with van der Waals surface area (Å²) in [6.45, 7) is 0. The lowest BCUT2D eigenvalue weighted by molar-refractivity contribution is 0.550. The van der Waals surface area contributed by atoms with Crippen LogP contribution in [0.4, 0.5) is 0 Å². The molecule has 0 saturated heterocycles. The van der Waals surface area contributed by atoms with Crippen molar-refractivity contribution in [3.05, 3.63) is 48.5 Å². The molecule has 0 spiro atoms. The Morgan fingerprint density at radius 2 is 1.06 bits per heavy atom. The Labute approximate surface area is 102 Å². The first kappa shape index (κ1) is 9.41. The highest BCUT2D eigenvalue weighted by Gasteiger charge is 2.14. The fourth-order valence-electron chi connectivity index (χ4n) is 1.93. The fourth-order valence-corrected chi connectivity index (χ4v) is 1.93. The van der Waals surface area contributed by atoms with E-state index in [2.05, 4.69) is 9.97 Å². The third-order valence-electron chi connectivity index (χ3n) is 2.77. The topological polar surface area (TPSA) is 52.1 Å². The average molecular weight is 236 g/mol. The van der Waals surface area contributed by atoms with Crippen LogP contribution in [0.5, 0.6) is 0 Å². The van der Waals surface area contributed by atoms with E-state index < -0.39 is 0 Å². The molecule has 0 bridgehead atoms. The van der Waals surface area contributed by atoms with Crippen molar-refractivity contribution >= 4 is 22.2 Å². The number of nitrogens with zero attached hydrogens (tertiary/aromatic N) is 2. The Morgan fingerprint density at radius 3 is 1.50 bits per heavy atom. The Morgan fingerprint density at radius 1 is 0.611 bits per heavy atom. The van der Waals surface area contributed by atoms with Gasteiger partial charge in [0.05, 0.1) is 0 Å². The van der Waals surface area contributed by atoms with Crippen LogP contribution >= 0.6 is 0 Å². The molecule has 0 N–H and O–H groups in total.